The number of hydrogen-bond donors (Lipinski definition) is 2. The van der Waals surface area contributed by atoms with Gasteiger partial charge in [-0.2, -0.15) is 0 Å². The lowest BCUT2D eigenvalue weighted by atomic mass is 9.91. The second-order valence-electron chi connectivity index (χ2n) is 5.77. The average molecular weight is 276 g/mol. The van der Waals surface area contributed by atoms with Gasteiger partial charge in [-0.15, -0.1) is 0 Å². The van der Waals surface area contributed by atoms with Crippen molar-refractivity contribution in [1.82, 2.24) is 4.98 Å². The Morgan fingerprint density at radius 1 is 1.25 bits per heavy atom. The fourth-order valence-electron chi connectivity index (χ4n) is 3.05. The first-order chi connectivity index (χ1) is 9.81. The lowest BCUT2D eigenvalue weighted by molar-refractivity contribution is 0.122. The summed E-state index contributed by atoms with van der Waals surface area (Å²) in [4.78, 5) is 6.83. The number of aromatic nitrogens is 1. The molecule has 5 nitrogen and oxygen atoms in total. The van der Waals surface area contributed by atoms with Crippen LogP contribution in [0.15, 0.2) is 18.3 Å². The van der Waals surface area contributed by atoms with Crippen LogP contribution in [0.4, 0.5) is 11.5 Å². The number of anilines is 2. The van der Waals surface area contributed by atoms with Crippen LogP contribution in [0, 0.1) is 0 Å². The fourth-order valence-corrected chi connectivity index (χ4v) is 3.05. The Morgan fingerprint density at radius 2 is 2.10 bits per heavy atom. The van der Waals surface area contributed by atoms with Crippen LogP contribution in [0.5, 0.6) is 0 Å². The van der Waals surface area contributed by atoms with Crippen molar-refractivity contribution >= 4 is 11.5 Å². The highest BCUT2D eigenvalue weighted by atomic mass is 16.5. The van der Waals surface area contributed by atoms with Crippen LogP contribution in [0.2, 0.25) is 0 Å². The van der Waals surface area contributed by atoms with Crippen LogP contribution in [0.3, 0.4) is 0 Å². The first-order valence-corrected chi connectivity index (χ1v) is 7.62. The maximum atomic E-state index is 6.03. The molecule has 1 aliphatic heterocycles. The molecule has 0 bridgehead atoms. The molecule has 2 unspecified atom stereocenters. The Morgan fingerprint density at radius 3 is 2.80 bits per heavy atom. The van der Waals surface area contributed by atoms with Gasteiger partial charge in [0.2, 0.25) is 0 Å². The van der Waals surface area contributed by atoms with Crippen LogP contribution in [-0.4, -0.2) is 43.4 Å². The SMILES string of the molecule is NC1CCCC(Nc2ccc(N3CCOCC3)nc2)C1. The Bertz CT molecular complexity index is 416. The van der Waals surface area contributed by atoms with Crippen molar-refractivity contribution in [3.63, 3.8) is 0 Å². The fraction of sp³-hybridized carbons (Fsp3) is 0.667. The van der Waals surface area contributed by atoms with E-state index in [4.69, 9.17) is 10.5 Å². The summed E-state index contributed by atoms with van der Waals surface area (Å²) in [6.07, 6.45) is 6.58. The maximum Gasteiger partial charge on any atom is 0.128 e. The molecule has 1 saturated carbocycles. The molecule has 2 atom stereocenters. The Hall–Kier alpha value is -1.33. The quantitative estimate of drug-likeness (QED) is 0.878. The van der Waals surface area contributed by atoms with E-state index in [2.05, 4.69) is 27.3 Å². The third-order valence-corrected chi connectivity index (χ3v) is 4.17. The van der Waals surface area contributed by atoms with Crippen molar-refractivity contribution in [3.8, 4) is 0 Å². The van der Waals surface area contributed by atoms with Crippen LogP contribution >= 0.6 is 0 Å². The van der Waals surface area contributed by atoms with E-state index < -0.39 is 0 Å². The van der Waals surface area contributed by atoms with E-state index in [9.17, 15) is 0 Å². The van der Waals surface area contributed by atoms with Gasteiger partial charge >= 0.3 is 0 Å². The van der Waals surface area contributed by atoms with Crippen LogP contribution in [0.25, 0.3) is 0 Å². The molecule has 1 aromatic heterocycles. The standard InChI is InChI=1S/C15H24N4O/c16-12-2-1-3-13(10-12)18-14-4-5-15(17-11-14)19-6-8-20-9-7-19/h4-5,11-13,18H,1-3,6-10,16H2. The second-order valence-corrected chi connectivity index (χ2v) is 5.77. The normalized spacial score (nSPS) is 27.4. The minimum absolute atomic E-state index is 0.349. The molecule has 20 heavy (non-hydrogen) atoms. The molecule has 2 heterocycles. The van der Waals surface area contributed by atoms with Crippen LogP contribution in [0.1, 0.15) is 25.7 Å². The van der Waals surface area contributed by atoms with Gasteiger partial charge in [0, 0.05) is 25.2 Å². The highest BCUT2D eigenvalue weighted by Gasteiger charge is 2.19. The van der Waals surface area contributed by atoms with Gasteiger partial charge in [0.25, 0.3) is 0 Å². The van der Waals surface area contributed by atoms with E-state index in [0.717, 1.165) is 50.7 Å². The Labute approximate surface area is 120 Å². The zero-order valence-corrected chi connectivity index (χ0v) is 11.9. The molecule has 2 aliphatic rings. The number of nitrogens with one attached hydrogen (secondary N) is 1. The number of hydrogen-bond acceptors (Lipinski definition) is 5. The predicted molar refractivity (Wildman–Crippen MR) is 81.1 cm³/mol. The van der Waals surface area contributed by atoms with E-state index in [1.54, 1.807) is 0 Å². The monoisotopic (exact) mass is 276 g/mol. The van der Waals surface area contributed by atoms with Crippen molar-refractivity contribution < 1.29 is 4.74 Å². The smallest absolute Gasteiger partial charge is 0.128 e. The summed E-state index contributed by atoms with van der Waals surface area (Å²) < 4.78 is 5.36. The molecule has 3 rings (SSSR count). The van der Waals surface area contributed by atoms with Gasteiger partial charge in [-0.1, -0.05) is 0 Å². The van der Waals surface area contributed by atoms with Crippen LogP contribution in [-0.2, 0) is 4.74 Å². The minimum Gasteiger partial charge on any atom is -0.381 e. The summed E-state index contributed by atoms with van der Waals surface area (Å²) in [5, 5.41) is 3.56. The third-order valence-electron chi connectivity index (χ3n) is 4.17. The van der Waals surface area contributed by atoms with Crippen molar-refractivity contribution in [1.29, 1.82) is 0 Å². The summed E-state index contributed by atoms with van der Waals surface area (Å²) in [7, 11) is 0. The van der Waals surface area contributed by atoms with Gasteiger partial charge in [-0.25, -0.2) is 4.98 Å². The molecule has 110 valence electrons. The number of rotatable bonds is 3. The molecule has 3 N–H and O–H groups in total. The number of morpholine rings is 1. The largest absolute Gasteiger partial charge is 0.381 e. The molecule has 0 spiro atoms. The first-order valence-electron chi connectivity index (χ1n) is 7.62. The maximum absolute atomic E-state index is 6.03. The van der Waals surface area contributed by atoms with E-state index in [-0.39, 0.29) is 0 Å². The molecule has 0 aromatic carbocycles. The molecular formula is C15H24N4O. The Kier molecular flexibility index (Phi) is 4.38. The van der Waals surface area contributed by atoms with Gasteiger partial charge in [0.05, 0.1) is 25.1 Å². The molecule has 2 fully saturated rings. The van der Waals surface area contributed by atoms with E-state index in [0.29, 0.717) is 12.1 Å². The van der Waals surface area contributed by atoms with Gasteiger partial charge < -0.3 is 20.7 Å². The summed E-state index contributed by atoms with van der Waals surface area (Å²) in [6, 6.07) is 5.06. The number of pyridine rings is 1. The molecule has 5 heteroatoms. The number of nitrogens with zero attached hydrogens (tertiary/aromatic N) is 2. The molecule has 0 radical (unpaired) electrons. The zero-order chi connectivity index (χ0) is 13.8. The van der Waals surface area contributed by atoms with Gasteiger partial charge in [0.1, 0.15) is 5.82 Å². The van der Waals surface area contributed by atoms with E-state index in [1.165, 1.54) is 12.8 Å². The summed E-state index contributed by atoms with van der Waals surface area (Å²) in [6.45, 7) is 3.44. The topological polar surface area (TPSA) is 63.4 Å². The molecule has 1 aliphatic carbocycles. The number of ether oxygens (including phenoxy) is 1. The van der Waals surface area contributed by atoms with E-state index >= 15 is 0 Å². The minimum atomic E-state index is 0.349. The average Bonchev–Trinajstić information content (AvgIpc) is 2.49. The summed E-state index contributed by atoms with van der Waals surface area (Å²) >= 11 is 0. The molecule has 1 saturated heterocycles. The zero-order valence-electron chi connectivity index (χ0n) is 11.9. The summed E-state index contributed by atoms with van der Waals surface area (Å²) in [5.41, 5.74) is 7.12. The van der Waals surface area contributed by atoms with Gasteiger partial charge in [0.15, 0.2) is 0 Å². The van der Waals surface area contributed by atoms with Crippen molar-refractivity contribution in [3.05, 3.63) is 18.3 Å². The third kappa shape index (κ3) is 3.41. The predicted octanol–water partition coefficient (Wildman–Crippen LogP) is 1.60. The molecular weight excluding hydrogens is 252 g/mol. The lowest BCUT2D eigenvalue weighted by Gasteiger charge is -2.29. The van der Waals surface area contributed by atoms with Crippen molar-refractivity contribution in [2.45, 2.75) is 37.8 Å². The number of nitrogens with two attached hydrogens (primary N) is 1. The van der Waals surface area contributed by atoms with Crippen molar-refractivity contribution in [2.75, 3.05) is 36.5 Å². The Balaban J connectivity index is 1.58. The van der Waals surface area contributed by atoms with Gasteiger partial charge in [-0.3, -0.25) is 0 Å². The highest BCUT2D eigenvalue weighted by Crippen LogP contribution is 2.22. The van der Waals surface area contributed by atoms with E-state index in [1.807, 2.05) is 6.20 Å². The lowest BCUT2D eigenvalue weighted by Crippen LogP contribution is -2.36. The first kappa shape index (κ1) is 13.6. The molecule has 0 amide bonds. The second kappa shape index (κ2) is 6.41. The van der Waals surface area contributed by atoms with Crippen molar-refractivity contribution in [2.24, 2.45) is 5.73 Å². The van der Waals surface area contributed by atoms with Gasteiger partial charge in [-0.05, 0) is 37.8 Å². The highest BCUT2D eigenvalue weighted by molar-refractivity contribution is 5.49. The summed E-state index contributed by atoms with van der Waals surface area (Å²) in [5.74, 6) is 1.04. The van der Waals surface area contributed by atoms with Crippen LogP contribution < -0.4 is 16.0 Å². The molecule has 1 aromatic rings.